The third-order valence-corrected chi connectivity index (χ3v) is 3.01. The lowest BCUT2D eigenvalue weighted by molar-refractivity contribution is 0.299. The van der Waals surface area contributed by atoms with Gasteiger partial charge in [0.2, 0.25) is 0 Å². The molecule has 2 heterocycles. The third kappa shape index (κ3) is 0.885. The van der Waals surface area contributed by atoms with Gasteiger partial charge in [0.05, 0.1) is 0 Å². The summed E-state index contributed by atoms with van der Waals surface area (Å²) in [7, 11) is 4.48. The molecule has 2 rings (SSSR count). The van der Waals surface area contributed by atoms with Gasteiger partial charge in [-0.15, -0.1) is 0 Å². The first kappa shape index (κ1) is 6.68. The second-order valence-corrected chi connectivity index (χ2v) is 3.82. The van der Waals surface area contributed by atoms with E-state index in [2.05, 4.69) is 24.7 Å². The summed E-state index contributed by atoms with van der Waals surface area (Å²) in [4.78, 5) is 4.96. The second-order valence-electron chi connectivity index (χ2n) is 3.82. The Morgan fingerprint density at radius 3 is 2.90 bits per heavy atom. The van der Waals surface area contributed by atoms with E-state index in [0.29, 0.717) is 0 Å². The van der Waals surface area contributed by atoms with E-state index in [-0.39, 0.29) is 0 Å². The molecular weight excluding hydrogens is 123 g/mol. The van der Waals surface area contributed by atoms with Crippen molar-refractivity contribution in [3.63, 3.8) is 0 Å². The van der Waals surface area contributed by atoms with Gasteiger partial charge in [0.25, 0.3) is 0 Å². The molecule has 2 aliphatic heterocycles. The summed E-state index contributed by atoms with van der Waals surface area (Å²) in [5, 5.41) is 0. The van der Waals surface area contributed by atoms with Gasteiger partial charge in [-0.1, -0.05) is 0 Å². The van der Waals surface area contributed by atoms with Crippen LogP contribution in [0.15, 0.2) is 0 Å². The summed E-state index contributed by atoms with van der Waals surface area (Å²) in [6.45, 7) is 3.94. The van der Waals surface area contributed by atoms with E-state index in [1.807, 2.05) is 0 Å². The Labute approximate surface area is 63.6 Å². The van der Waals surface area contributed by atoms with Crippen molar-refractivity contribution in [3.8, 4) is 0 Å². The van der Waals surface area contributed by atoms with Gasteiger partial charge in [-0.2, -0.15) is 0 Å². The molecule has 2 fully saturated rings. The fourth-order valence-corrected chi connectivity index (χ4v) is 2.38. The van der Waals surface area contributed by atoms with Crippen molar-refractivity contribution in [2.24, 2.45) is 5.92 Å². The van der Waals surface area contributed by atoms with Crippen molar-refractivity contribution < 1.29 is 0 Å². The molecule has 0 aromatic heterocycles. The summed E-state index contributed by atoms with van der Waals surface area (Å²) in [6, 6.07) is 0.880. The maximum atomic E-state index is 2.51. The van der Waals surface area contributed by atoms with E-state index in [0.717, 1.165) is 12.0 Å². The highest BCUT2D eigenvalue weighted by Gasteiger charge is 2.37. The SMILES string of the molecule is BN1CC2CCN(C)C2C1. The van der Waals surface area contributed by atoms with Gasteiger partial charge in [0.15, 0.2) is 7.98 Å². The van der Waals surface area contributed by atoms with Gasteiger partial charge >= 0.3 is 0 Å². The van der Waals surface area contributed by atoms with E-state index in [1.165, 1.54) is 26.1 Å². The highest BCUT2D eigenvalue weighted by molar-refractivity contribution is 6.04. The monoisotopic (exact) mass is 138 g/mol. The topological polar surface area (TPSA) is 6.48 Å². The quantitative estimate of drug-likeness (QED) is 0.403. The number of likely N-dealkylation sites (N-methyl/N-ethyl adjacent to an activating group) is 1. The zero-order chi connectivity index (χ0) is 7.14. The zero-order valence-electron chi connectivity index (χ0n) is 6.88. The van der Waals surface area contributed by atoms with Crippen molar-refractivity contribution in [1.82, 2.24) is 9.71 Å². The van der Waals surface area contributed by atoms with Gasteiger partial charge in [-0.25, -0.2) is 0 Å². The molecule has 2 nitrogen and oxygen atoms in total. The predicted octanol–water partition coefficient (Wildman–Crippen LogP) is -0.830. The van der Waals surface area contributed by atoms with Crippen molar-refractivity contribution >= 4 is 7.98 Å². The van der Waals surface area contributed by atoms with E-state index in [4.69, 9.17) is 0 Å². The van der Waals surface area contributed by atoms with Crippen LogP contribution in [0.3, 0.4) is 0 Å². The lowest BCUT2D eigenvalue weighted by atomic mass is 10.1. The van der Waals surface area contributed by atoms with Crippen LogP contribution in [-0.2, 0) is 0 Å². The summed E-state index contributed by atoms with van der Waals surface area (Å²) >= 11 is 0. The predicted molar refractivity (Wildman–Crippen MR) is 44.6 cm³/mol. The van der Waals surface area contributed by atoms with Gasteiger partial charge < -0.3 is 9.71 Å². The molecule has 3 heteroatoms. The van der Waals surface area contributed by atoms with Crippen LogP contribution in [0.1, 0.15) is 6.42 Å². The Hall–Kier alpha value is -0.0151. The fraction of sp³-hybridized carbons (Fsp3) is 1.00. The molecule has 0 bridgehead atoms. The average molecular weight is 138 g/mol. The Morgan fingerprint density at radius 2 is 2.20 bits per heavy atom. The summed E-state index contributed by atoms with van der Waals surface area (Å²) < 4.78 is 0. The molecule has 10 heavy (non-hydrogen) atoms. The highest BCUT2D eigenvalue weighted by atomic mass is 15.2. The van der Waals surface area contributed by atoms with Crippen LogP contribution in [0.5, 0.6) is 0 Å². The molecule has 2 atom stereocenters. The first-order chi connectivity index (χ1) is 4.77. The fourth-order valence-electron chi connectivity index (χ4n) is 2.38. The van der Waals surface area contributed by atoms with Crippen LogP contribution >= 0.6 is 0 Å². The van der Waals surface area contributed by atoms with Crippen LogP contribution < -0.4 is 0 Å². The average Bonchev–Trinajstić information content (AvgIpc) is 2.35. The van der Waals surface area contributed by atoms with E-state index >= 15 is 0 Å². The minimum atomic E-state index is 0.880. The smallest absolute Gasteiger partial charge is 0.185 e. The lowest BCUT2D eigenvalue weighted by Crippen LogP contribution is -2.31. The highest BCUT2D eigenvalue weighted by Crippen LogP contribution is 2.28. The zero-order valence-corrected chi connectivity index (χ0v) is 6.88. The van der Waals surface area contributed by atoms with Crippen LogP contribution in [0, 0.1) is 5.92 Å². The lowest BCUT2D eigenvalue weighted by Gasteiger charge is -2.17. The first-order valence-corrected chi connectivity index (χ1v) is 4.16. The van der Waals surface area contributed by atoms with Crippen molar-refractivity contribution in [2.75, 3.05) is 26.7 Å². The number of likely N-dealkylation sites (tertiary alicyclic amines) is 1. The number of fused-ring (bicyclic) bond motifs is 1. The molecule has 0 aromatic rings. The molecule has 0 saturated carbocycles. The van der Waals surface area contributed by atoms with Crippen LogP contribution in [0.4, 0.5) is 0 Å². The van der Waals surface area contributed by atoms with Crippen LogP contribution in [0.25, 0.3) is 0 Å². The van der Waals surface area contributed by atoms with Crippen molar-refractivity contribution in [1.29, 1.82) is 0 Å². The Bertz CT molecular complexity index is 140. The molecule has 0 amide bonds. The maximum absolute atomic E-state index is 2.51. The molecule has 2 aliphatic rings. The van der Waals surface area contributed by atoms with Gasteiger partial charge in [-0.3, -0.25) is 0 Å². The molecule has 0 spiro atoms. The molecule has 0 radical (unpaired) electrons. The van der Waals surface area contributed by atoms with Crippen molar-refractivity contribution in [2.45, 2.75) is 12.5 Å². The molecule has 2 unspecified atom stereocenters. The maximum Gasteiger partial charge on any atom is 0.185 e. The molecule has 0 aliphatic carbocycles. The minimum absolute atomic E-state index is 0.880. The number of hydrogen-bond acceptors (Lipinski definition) is 2. The Balaban J connectivity index is 2.05. The van der Waals surface area contributed by atoms with Crippen LogP contribution in [-0.4, -0.2) is 50.4 Å². The molecular formula is C7H15BN2. The normalized spacial score (nSPS) is 42.5. The third-order valence-electron chi connectivity index (χ3n) is 3.01. The molecule has 2 saturated heterocycles. The molecule has 0 N–H and O–H groups in total. The van der Waals surface area contributed by atoms with Crippen molar-refractivity contribution in [3.05, 3.63) is 0 Å². The summed E-state index contributed by atoms with van der Waals surface area (Å²) in [5.74, 6) is 0.981. The summed E-state index contributed by atoms with van der Waals surface area (Å²) in [6.07, 6.45) is 1.42. The van der Waals surface area contributed by atoms with E-state index in [1.54, 1.807) is 0 Å². The standard InChI is InChI=1S/C7H15BN2/c1-9-3-2-6-4-10(8)5-7(6)9/h6-7H,2-5,8H2,1H3. The van der Waals surface area contributed by atoms with Gasteiger partial charge in [0, 0.05) is 12.6 Å². The second kappa shape index (κ2) is 2.24. The molecule has 0 aromatic carbocycles. The molecule has 56 valence electrons. The number of hydrogen-bond donors (Lipinski definition) is 0. The van der Waals surface area contributed by atoms with Gasteiger partial charge in [-0.05, 0) is 32.5 Å². The minimum Gasteiger partial charge on any atom is -0.347 e. The number of nitrogens with zero attached hydrogens (tertiary/aromatic N) is 2. The Morgan fingerprint density at radius 1 is 1.40 bits per heavy atom. The van der Waals surface area contributed by atoms with Gasteiger partial charge in [0.1, 0.15) is 0 Å². The van der Waals surface area contributed by atoms with Crippen LogP contribution in [0.2, 0.25) is 0 Å². The van der Waals surface area contributed by atoms with E-state index in [9.17, 15) is 0 Å². The first-order valence-electron chi connectivity index (χ1n) is 4.16. The van der Waals surface area contributed by atoms with E-state index < -0.39 is 0 Å². The number of rotatable bonds is 0. The largest absolute Gasteiger partial charge is 0.347 e. The Kier molecular flexibility index (Phi) is 1.50. The summed E-state index contributed by atoms with van der Waals surface area (Å²) in [5.41, 5.74) is 0.